The maximum Gasteiger partial charge on any atom is 0.298 e. The molecule has 0 saturated carbocycles. The summed E-state index contributed by atoms with van der Waals surface area (Å²) in [7, 11) is 2.06. The molecule has 0 radical (unpaired) electrons. The molecule has 1 aliphatic rings. The van der Waals surface area contributed by atoms with E-state index in [9.17, 15) is 4.79 Å². The highest BCUT2D eigenvalue weighted by Gasteiger charge is 2.22. The average Bonchev–Trinajstić information content (AvgIpc) is 2.08. The Morgan fingerprint density at radius 2 is 2.25 bits per heavy atom. The van der Waals surface area contributed by atoms with Crippen molar-refractivity contribution in [3.05, 3.63) is 0 Å². The third-order valence-electron chi connectivity index (χ3n) is 2.37. The molecule has 1 aliphatic heterocycles. The van der Waals surface area contributed by atoms with Crippen LogP contribution in [0.3, 0.4) is 0 Å². The summed E-state index contributed by atoms with van der Waals surface area (Å²) < 4.78 is 0. The van der Waals surface area contributed by atoms with Gasteiger partial charge in [-0.1, -0.05) is 0 Å². The number of hydrogen-bond donors (Lipinski definition) is 0. The van der Waals surface area contributed by atoms with Crippen LogP contribution in [0.4, 0.5) is 0 Å². The van der Waals surface area contributed by atoms with Gasteiger partial charge >= 0.3 is 0 Å². The largest absolute Gasteiger partial charge is 0.329 e. The van der Waals surface area contributed by atoms with Gasteiger partial charge in [0, 0.05) is 25.7 Å². The number of piperazine rings is 1. The van der Waals surface area contributed by atoms with E-state index in [1.165, 1.54) is 0 Å². The average molecular weight is 166 g/mol. The maximum absolute atomic E-state index is 11.1. The van der Waals surface area contributed by atoms with Gasteiger partial charge in [-0.25, -0.2) is 0 Å². The van der Waals surface area contributed by atoms with Crippen molar-refractivity contribution in [2.45, 2.75) is 13.0 Å². The number of carbonyl (C=O) groups is 1. The van der Waals surface area contributed by atoms with E-state index >= 15 is 0 Å². The van der Waals surface area contributed by atoms with Crippen LogP contribution in [0.5, 0.6) is 0 Å². The van der Waals surface area contributed by atoms with Gasteiger partial charge in [-0.2, -0.15) is 0 Å². The van der Waals surface area contributed by atoms with E-state index in [4.69, 9.17) is 6.42 Å². The van der Waals surface area contributed by atoms with E-state index < -0.39 is 0 Å². The van der Waals surface area contributed by atoms with Crippen LogP contribution >= 0.6 is 0 Å². The van der Waals surface area contributed by atoms with Crippen molar-refractivity contribution in [2.24, 2.45) is 0 Å². The first-order chi connectivity index (χ1) is 5.65. The van der Waals surface area contributed by atoms with Crippen LogP contribution in [0.2, 0.25) is 0 Å². The second-order valence-electron chi connectivity index (χ2n) is 3.23. The van der Waals surface area contributed by atoms with Gasteiger partial charge in [0.2, 0.25) is 0 Å². The van der Waals surface area contributed by atoms with Gasteiger partial charge in [0.15, 0.2) is 0 Å². The molecule has 12 heavy (non-hydrogen) atoms. The standard InChI is InChI=1S/C9H14N2O/c1-4-9(12)11-6-5-10(3)8(2)7-11/h1,8H,5-7H2,2-3H3/t8-/m0/s1. The molecule has 0 aromatic rings. The Bertz CT molecular complexity index is 219. The second-order valence-corrected chi connectivity index (χ2v) is 3.23. The van der Waals surface area contributed by atoms with Gasteiger partial charge in [-0.3, -0.25) is 4.79 Å². The van der Waals surface area contributed by atoms with E-state index in [1.807, 2.05) is 0 Å². The lowest BCUT2D eigenvalue weighted by Gasteiger charge is -2.36. The highest BCUT2D eigenvalue weighted by Crippen LogP contribution is 2.06. The van der Waals surface area contributed by atoms with Crippen LogP contribution in [0, 0.1) is 12.3 Å². The van der Waals surface area contributed by atoms with Crippen molar-refractivity contribution >= 4 is 5.91 Å². The molecule has 0 spiro atoms. The SMILES string of the molecule is C#CC(=O)N1CCN(C)[C@@H](C)C1. The van der Waals surface area contributed by atoms with Crippen LogP contribution < -0.4 is 0 Å². The Morgan fingerprint density at radius 1 is 1.58 bits per heavy atom. The monoisotopic (exact) mass is 166 g/mol. The number of nitrogens with zero attached hydrogens (tertiary/aromatic N) is 2. The summed E-state index contributed by atoms with van der Waals surface area (Å²) in [5.41, 5.74) is 0. The molecule has 3 heteroatoms. The molecule has 0 aliphatic carbocycles. The fourth-order valence-corrected chi connectivity index (χ4v) is 1.32. The van der Waals surface area contributed by atoms with Gasteiger partial charge in [-0.05, 0) is 19.9 Å². The number of terminal acetylenes is 1. The number of carbonyl (C=O) groups excluding carboxylic acids is 1. The van der Waals surface area contributed by atoms with E-state index in [2.05, 4.69) is 24.8 Å². The minimum Gasteiger partial charge on any atom is -0.329 e. The fraction of sp³-hybridized carbons (Fsp3) is 0.667. The number of amides is 1. The fourth-order valence-electron chi connectivity index (χ4n) is 1.32. The minimum atomic E-state index is -0.185. The summed E-state index contributed by atoms with van der Waals surface area (Å²) in [6, 6.07) is 0.413. The Labute approximate surface area is 73.3 Å². The van der Waals surface area contributed by atoms with Crippen molar-refractivity contribution in [2.75, 3.05) is 26.7 Å². The third kappa shape index (κ3) is 1.77. The summed E-state index contributed by atoms with van der Waals surface area (Å²) in [5.74, 6) is 1.95. The second kappa shape index (κ2) is 3.59. The normalized spacial score (nSPS) is 25.1. The first-order valence-corrected chi connectivity index (χ1v) is 4.11. The van der Waals surface area contributed by atoms with Crippen molar-refractivity contribution in [1.82, 2.24) is 9.80 Å². The van der Waals surface area contributed by atoms with Gasteiger partial charge in [0.1, 0.15) is 0 Å². The molecule has 0 aromatic heterocycles. The Hall–Kier alpha value is -1.01. The first-order valence-electron chi connectivity index (χ1n) is 4.11. The predicted molar refractivity (Wildman–Crippen MR) is 47.5 cm³/mol. The van der Waals surface area contributed by atoms with E-state index in [0.717, 1.165) is 19.6 Å². The van der Waals surface area contributed by atoms with Gasteiger partial charge in [-0.15, -0.1) is 6.42 Å². The van der Waals surface area contributed by atoms with Crippen LogP contribution in [0.1, 0.15) is 6.92 Å². The van der Waals surface area contributed by atoms with Crippen LogP contribution in [0.25, 0.3) is 0 Å². The van der Waals surface area contributed by atoms with E-state index in [-0.39, 0.29) is 5.91 Å². The van der Waals surface area contributed by atoms with Crippen molar-refractivity contribution in [1.29, 1.82) is 0 Å². The van der Waals surface area contributed by atoms with Crippen LogP contribution in [0.15, 0.2) is 0 Å². The van der Waals surface area contributed by atoms with Crippen molar-refractivity contribution in [3.8, 4) is 12.3 Å². The van der Waals surface area contributed by atoms with Gasteiger partial charge in [0.05, 0.1) is 0 Å². The summed E-state index contributed by atoms with van der Waals surface area (Å²) in [4.78, 5) is 15.0. The molecule has 3 nitrogen and oxygen atoms in total. The zero-order chi connectivity index (χ0) is 9.14. The smallest absolute Gasteiger partial charge is 0.298 e. The topological polar surface area (TPSA) is 23.6 Å². The van der Waals surface area contributed by atoms with Crippen LogP contribution in [-0.4, -0.2) is 48.4 Å². The molecule has 1 heterocycles. The number of hydrogen-bond acceptors (Lipinski definition) is 2. The molecule has 0 unspecified atom stereocenters. The van der Waals surface area contributed by atoms with Gasteiger partial charge < -0.3 is 9.80 Å². The third-order valence-corrected chi connectivity index (χ3v) is 2.37. The molecule has 0 aromatic carbocycles. The summed E-state index contributed by atoms with van der Waals surface area (Å²) in [6.45, 7) is 4.51. The highest BCUT2D eigenvalue weighted by molar-refractivity contribution is 5.92. The quantitative estimate of drug-likeness (QED) is 0.465. The zero-order valence-corrected chi connectivity index (χ0v) is 7.58. The molecule has 0 N–H and O–H groups in total. The Kier molecular flexibility index (Phi) is 2.72. The predicted octanol–water partition coefficient (Wildman–Crippen LogP) is -0.218. The lowest BCUT2D eigenvalue weighted by atomic mass is 10.2. The lowest BCUT2D eigenvalue weighted by molar-refractivity contribution is -0.127. The van der Waals surface area contributed by atoms with Crippen molar-refractivity contribution in [3.63, 3.8) is 0 Å². The minimum absolute atomic E-state index is 0.185. The molecule has 66 valence electrons. The molecule has 0 bridgehead atoms. The van der Waals surface area contributed by atoms with E-state index in [1.54, 1.807) is 4.90 Å². The number of rotatable bonds is 0. The number of likely N-dealkylation sites (N-methyl/N-ethyl adjacent to an activating group) is 1. The van der Waals surface area contributed by atoms with Gasteiger partial charge in [0.25, 0.3) is 5.91 Å². The maximum atomic E-state index is 11.1. The van der Waals surface area contributed by atoms with Crippen molar-refractivity contribution < 1.29 is 4.79 Å². The molecule has 1 amide bonds. The summed E-state index contributed by atoms with van der Waals surface area (Å²) in [6.07, 6.45) is 5.03. The molecule has 1 fully saturated rings. The summed E-state index contributed by atoms with van der Waals surface area (Å²) >= 11 is 0. The van der Waals surface area contributed by atoms with Crippen LogP contribution in [-0.2, 0) is 4.79 Å². The molecule has 1 rings (SSSR count). The zero-order valence-electron chi connectivity index (χ0n) is 7.58. The van der Waals surface area contributed by atoms with E-state index in [0.29, 0.717) is 6.04 Å². The lowest BCUT2D eigenvalue weighted by Crippen LogP contribution is -2.51. The molecular formula is C9H14N2O. The molecular weight excluding hydrogens is 152 g/mol. The molecule has 1 atom stereocenters. The summed E-state index contributed by atoms with van der Waals surface area (Å²) in [5, 5.41) is 0. The Morgan fingerprint density at radius 3 is 2.75 bits per heavy atom. The Balaban J connectivity index is 2.52. The molecule has 1 saturated heterocycles. The first kappa shape index (κ1) is 9.08. The highest BCUT2D eigenvalue weighted by atomic mass is 16.2.